The molecule has 0 unspecified atom stereocenters. The monoisotopic (exact) mass is 288 g/mol. The Morgan fingerprint density at radius 2 is 1.95 bits per heavy atom. The van der Waals surface area contributed by atoms with E-state index >= 15 is 0 Å². The second-order valence-corrected chi connectivity index (χ2v) is 4.90. The van der Waals surface area contributed by atoms with Crippen molar-refractivity contribution in [3.63, 3.8) is 0 Å². The van der Waals surface area contributed by atoms with Gasteiger partial charge < -0.3 is 4.74 Å². The number of aryl methyl sites for hydroxylation is 1. The number of hydrazone groups is 1. The molecular formula is C16H17ClN2O. The highest BCUT2D eigenvalue weighted by Gasteiger charge is 2.06. The summed E-state index contributed by atoms with van der Waals surface area (Å²) in [6.45, 7) is 3.97. The number of nitrogens with zero attached hydrogens (tertiary/aromatic N) is 1. The van der Waals surface area contributed by atoms with Crippen LogP contribution in [0.5, 0.6) is 5.75 Å². The van der Waals surface area contributed by atoms with Crippen LogP contribution < -0.4 is 10.2 Å². The van der Waals surface area contributed by atoms with E-state index in [4.69, 9.17) is 16.3 Å². The zero-order valence-electron chi connectivity index (χ0n) is 11.8. The van der Waals surface area contributed by atoms with Gasteiger partial charge in [0.15, 0.2) is 0 Å². The Bertz CT molecular complexity index is 638. The van der Waals surface area contributed by atoms with Crippen LogP contribution in [0.1, 0.15) is 18.1 Å². The molecule has 1 N–H and O–H groups in total. The van der Waals surface area contributed by atoms with Gasteiger partial charge in [0, 0.05) is 5.56 Å². The molecule has 2 rings (SSSR count). The molecule has 0 saturated carbocycles. The molecule has 0 saturated heterocycles. The predicted molar refractivity (Wildman–Crippen MR) is 85.0 cm³/mol. The van der Waals surface area contributed by atoms with Gasteiger partial charge in [-0.2, -0.15) is 5.10 Å². The molecular weight excluding hydrogens is 272 g/mol. The normalized spacial score (nSPS) is 11.3. The van der Waals surface area contributed by atoms with Crippen molar-refractivity contribution in [2.45, 2.75) is 13.8 Å². The molecule has 0 radical (unpaired) electrons. The molecule has 0 heterocycles. The number of benzene rings is 2. The first kappa shape index (κ1) is 14.4. The molecule has 0 aliphatic carbocycles. The lowest BCUT2D eigenvalue weighted by molar-refractivity contribution is 0.414. The fourth-order valence-electron chi connectivity index (χ4n) is 1.86. The van der Waals surface area contributed by atoms with Crippen LogP contribution in [0.25, 0.3) is 0 Å². The van der Waals surface area contributed by atoms with E-state index in [1.54, 1.807) is 7.11 Å². The Morgan fingerprint density at radius 1 is 1.20 bits per heavy atom. The maximum Gasteiger partial charge on any atom is 0.127 e. The van der Waals surface area contributed by atoms with Gasteiger partial charge in [-0.15, -0.1) is 0 Å². The van der Waals surface area contributed by atoms with Crippen LogP contribution in [-0.4, -0.2) is 12.8 Å². The number of halogens is 1. The standard InChI is InChI=1S/C16H17ClN2O/c1-11-8-9-16(20-3)13(10-11)12(2)18-19-15-7-5-4-6-14(15)17/h4-10,19H,1-3H3/b18-12-. The third-order valence-electron chi connectivity index (χ3n) is 2.96. The molecule has 20 heavy (non-hydrogen) atoms. The van der Waals surface area contributed by atoms with Crippen molar-refractivity contribution in [1.29, 1.82) is 0 Å². The van der Waals surface area contributed by atoms with Crippen molar-refractivity contribution in [3.05, 3.63) is 58.6 Å². The summed E-state index contributed by atoms with van der Waals surface area (Å²) in [5, 5.41) is 5.02. The molecule has 0 aliphatic heterocycles. The van der Waals surface area contributed by atoms with Crippen LogP contribution in [0.3, 0.4) is 0 Å². The fraction of sp³-hybridized carbons (Fsp3) is 0.188. The van der Waals surface area contributed by atoms with E-state index in [2.05, 4.69) is 10.5 Å². The Balaban J connectivity index is 2.27. The average Bonchev–Trinajstić information content (AvgIpc) is 2.46. The Kier molecular flexibility index (Phi) is 4.64. The van der Waals surface area contributed by atoms with Crippen LogP contribution in [0.15, 0.2) is 47.6 Å². The quantitative estimate of drug-likeness (QED) is 0.664. The third kappa shape index (κ3) is 3.31. The molecule has 0 aliphatic rings. The van der Waals surface area contributed by atoms with Crippen molar-refractivity contribution >= 4 is 23.0 Å². The van der Waals surface area contributed by atoms with Crippen molar-refractivity contribution in [1.82, 2.24) is 0 Å². The fourth-order valence-corrected chi connectivity index (χ4v) is 2.04. The van der Waals surface area contributed by atoms with Crippen LogP contribution in [-0.2, 0) is 0 Å². The molecule has 0 atom stereocenters. The van der Waals surface area contributed by atoms with Gasteiger partial charge in [-0.1, -0.05) is 35.4 Å². The minimum Gasteiger partial charge on any atom is -0.496 e. The van der Waals surface area contributed by atoms with Gasteiger partial charge in [0.2, 0.25) is 0 Å². The summed E-state index contributed by atoms with van der Waals surface area (Å²) in [6.07, 6.45) is 0. The first-order chi connectivity index (χ1) is 9.61. The van der Waals surface area contributed by atoms with Crippen molar-refractivity contribution < 1.29 is 4.74 Å². The van der Waals surface area contributed by atoms with Gasteiger partial charge in [-0.3, -0.25) is 5.43 Å². The molecule has 4 heteroatoms. The number of ether oxygens (including phenoxy) is 1. The van der Waals surface area contributed by atoms with E-state index in [1.807, 2.05) is 56.3 Å². The SMILES string of the molecule is COc1ccc(C)cc1/C(C)=N\Nc1ccccc1Cl. The number of para-hydroxylation sites is 1. The van der Waals surface area contributed by atoms with Crippen LogP contribution in [0.4, 0.5) is 5.69 Å². The van der Waals surface area contributed by atoms with E-state index in [0.29, 0.717) is 5.02 Å². The molecule has 3 nitrogen and oxygen atoms in total. The smallest absolute Gasteiger partial charge is 0.127 e. The topological polar surface area (TPSA) is 33.6 Å². The lowest BCUT2D eigenvalue weighted by atomic mass is 10.1. The van der Waals surface area contributed by atoms with Crippen molar-refractivity contribution in [2.75, 3.05) is 12.5 Å². The van der Waals surface area contributed by atoms with Gasteiger partial charge in [-0.05, 0) is 38.1 Å². The lowest BCUT2D eigenvalue weighted by Crippen LogP contribution is -2.03. The Hall–Kier alpha value is -2.00. The maximum atomic E-state index is 6.08. The predicted octanol–water partition coefficient (Wildman–Crippen LogP) is 4.49. The molecule has 0 amide bonds. The summed E-state index contributed by atoms with van der Waals surface area (Å²) < 4.78 is 5.36. The largest absolute Gasteiger partial charge is 0.496 e. The summed E-state index contributed by atoms with van der Waals surface area (Å²) in [7, 11) is 1.66. The highest BCUT2D eigenvalue weighted by molar-refractivity contribution is 6.33. The summed E-state index contributed by atoms with van der Waals surface area (Å²) in [5.74, 6) is 0.804. The van der Waals surface area contributed by atoms with Crippen LogP contribution in [0.2, 0.25) is 5.02 Å². The first-order valence-electron chi connectivity index (χ1n) is 6.31. The highest BCUT2D eigenvalue weighted by Crippen LogP contribution is 2.23. The van der Waals surface area contributed by atoms with Crippen molar-refractivity contribution in [2.24, 2.45) is 5.10 Å². The third-order valence-corrected chi connectivity index (χ3v) is 3.29. The molecule has 0 bridgehead atoms. The van der Waals surface area contributed by atoms with E-state index in [9.17, 15) is 0 Å². The minimum absolute atomic E-state index is 0.639. The van der Waals surface area contributed by atoms with Gasteiger partial charge in [0.05, 0.1) is 23.5 Å². The molecule has 104 valence electrons. The summed E-state index contributed by atoms with van der Waals surface area (Å²) in [6, 6.07) is 13.5. The number of hydrogen-bond acceptors (Lipinski definition) is 3. The number of methoxy groups -OCH3 is 1. The second kappa shape index (κ2) is 6.44. The highest BCUT2D eigenvalue weighted by atomic mass is 35.5. The van der Waals surface area contributed by atoms with Gasteiger partial charge in [0.25, 0.3) is 0 Å². The summed E-state index contributed by atoms with van der Waals surface area (Å²) in [4.78, 5) is 0. The summed E-state index contributed by atoms with van der Waals surface area (Å²) in [5.41, 5.74) is 6.72. The van der Waals surface area contributed by atoms with Gasteiger partial charge >= 0.3 is 0 Å². The number of rotatable bonds is 4. The van der Waals surface area contributed by atoms with E-state index in [1.165, 1.54) is 0 Å². The summed E-state index contributed by atoms with van der Waals surface area (Å²) >= 11 is 6.08. The molecule has 2 aromatic rings. The Labute approximate surface area is 124 Å². The minimum atomic E-state index is 0.639. The van der Waals surface area contributed by atoms with Gasteiger partial charge in [-0.25, -0.2) is 0 Å². The molecule has 0 fully saturated rings. The van der Waals surface area contributed by atoms with E-state index in [-0.39, 0.29) is 0 Å². The number of nitrogens with one attached hydrogen (secondary N) is 1. The van der Waals surface area contributed by atoms with Crippen LogP contribution >= 0.6 is 11.6 Å². The number of anilines is 1. The molecule has 0 spiro atoms. The number of hydrogen-bond donors (Lipinski definition) is 1. The average molecular weight is 289 g/mol. The van der Waals surface area contributed by atoms with E-state index < -0.39 is 0 Å². The zero-order chi connectivity index (χ0) is 14.5. The maximum absolute atomic E-state index is 6.08. The zero-order valence-corrected chi connectivity index (χ0v) is 12.5. The second-order valence-electron chi connectivity index (χ2n) is 4.49. The lowest BCUT2D eigenvalue weighted by Gasteiger charge is -2.10. The molecule has 0 aromatic heterocycles. The first-order valence-corrected chi connectivity index (χ1v) is 6.69. The van der Waals surface area contributed by atoms with Crippen molar-refractivity contribution in [3.8, 4) is 5.75 Å². The van der Waals surface area contributed by atoms with E-state index in [0.717, 1.165) is 28.3 Å². The van der Waals surface area contributed by atoms with Gasteiger partial charge in [0.1, 0.15) is 5.75 Å². The van der Waals surface area contributed by atoms with Crippen LogP contribution in [0, 0.1) is 6.92 Å². The Morgan fingerprint density at radius 3 is 2.65 bits per heavy atom. The molecule has 2 aromatic carbocycles.